The van der Waals surface area contributed by atoms with E-state index in [1.165, 1.54) is 23.8 Å². The molecular formula is C23H26N4O3. The largest absolute Gasteiger partial charge is 0.447 e. The van der Waals surface area contributed by atoms with Gasteiger partial charge in [0.2, 0.25) is 0 Å². The molecule has 0 unspecified atom stereocenters. The first-order valence-electron chi connectivity index (χ1n) is 10.1. The van der Waals surface area contributed by atoms with Gasteiger partial charge in [-0.3, -0.25) is 4.98 Å². The smallest absolute Gasteiger partial charge is 0.407 e. The number of alkyl carbamates (subject to hydrolysis) is 1. The van der Waals surface area contributed by atoms with Crippen molar-refractivity contribution < 1.29 is 14.4 Å². The molecule has 1 aliphatic carbocycles. The number of carbonyl (C=O) groups is 1. The minimum Gasteiger partial charge on any atom is -0.447 e. The van der Waals surface area contributed by atoms with Gasteiger partial charge in [0.05, 0.1) is 24.6 Å². The van der Waals surface area contributed by atoms with Crippen LogP contribution >= 0.6 is 0 Å². The third-order valence-electron chi connectivity index (χ3n) is 5.22. The molecule has 0 saturated heterocycles. The fourth-order valence-electron chi connectivity index (χ4n) is 4.05. The first kappa shape index (κ1) is 19.9. The second-order valence-corrected chi connectivity index (χ2v) is 7.73. The van der Waals surface area contributed by atoms with Gasteiger partial charge in [-0.05, 0) is 55.7 Å². The fourth-order valence-corrected chi connectivity index (χ4v) is 4.05. The molecule has 4 rings (SSSR count). The number of nitrogens with one attached hydrogen (secondary N) is 1. The van der Waals surface area contributed by atoms with Gasteiger partial charge in [0, 0.05) is 35.3 Å². The molecule has 3 aromatic rings. The molecular weight excluding hydrogens is 380 g/mol. The van der Waals surface area contributed by atoms with Gasteiger partial charge in [0.1, 0.15) is 7.11 Å². The van der Waals surface area contributed by atoms with Crippen LogP contribution in [0.5, 0.6) is 0 Å². The Kier molecular flexibility index (Phi) is 5.70. The molecule has 156 valence electrons. The molecule has 0 radical (unpaired) electrons. The Labute approximate surface area is 175 Å². The number of amides is 1. The monoisotopic (exact) mass is 406 g/mol. The zero-order valence-electron chi connectivity index (χ0n) is 17.5. The number of pyridine rings is 1. The lowest BCUT2D eigenvalue weighted by molar-refractivity contribution is 0.112. The number of nitrogens with zero attached hydrogens (tertiary/aromatic N) is 3. The summed E-state index contributed by atoms with van der Waals surface area (Å²) in [6, 6.07) is 12.2. The van der Waals surface area contributed by atoms with Crippen LogP contribution in [-0.2, 0) is 29.0 Å². The number of rotatable bonds is 6. The van der Waals surface area contributed by atoms with E-state index in [1.54, 1.807) is 6.21 Å². The minimum atomic E-state index is -0.367. The molecule has 30 heavy (non-hydrogen) atoms. The summed E-state index contributed by atoms with van der Waals surface area (Å²) in [6.45, 7) is 4.38. The lowest BCUT2D eigenvalue weighted by atomic mass is 10.1. The third kappa shape index (κ3) is 4.15. The Morgan fingerprint density at radius 1 is 1.33 bits per heavy atom. The van der Waals surface area contributed by atoms with Crippen LogP contribution in [0.2, 0.25) is 0 Å². The maximum absolute atomic E-state index is 12.1. The molecule has 1 atom stereocenters. The number of carbonyl (C=O) groups excluding carboxylic acids is 1. The summed E-state index contributed by atoms with van der Waals surface area (Å²) in [5.74, 6) is 0. The number of hydrogen-bond donors (Lipinski definition) is 1. The Balaban J connectivity index is 1.69. The molecule has 1 amide bonds. The van der Waals surface area contributed by atoms with Crippen molar-refractivity contribution in [3.05, 3.63) is 65.1 Å². The fraction of sp³-hybridized carbons (Fsp3) is 0.348. The number of oxime groups is 1. The quantitative estimate of drug-likeness (QED) is 0.501. The molecule has 0 fully saturated rings. The van der Waals surface area contributed by atoms with Gasteiger partial charge in [0.25, 0.3) is 0 Å². The number of benzene rings is 1. The number of aromatic nitrogens is 2. The van der Waals surface area contributed by atoms with Crippen LogP contribution in [0.4, 0.5) is 4.79 Å². The van der Waals surface area contributed by atoms with E-state index in [-0.39, 0.29) is 18.2 Å². The Hall–Kier alpha value is -3.35. The van der Waals surface area contributed by atoms with Gasteiger partial charge in [-0.15, -0.1) is 0 Å². The second-order valence-electron chi connectivity index (χ2n) is 7.73. The van der Waals surface area contributed by atoms with Crippen LogP contribution < -0.4 is 5.32 Å². The topological polar surface area (TPSA) is 77.7 Å². The highest BCUT2D eigenvalue weighted by molar-refractivity contribution is 5.92. The van der Waals surface area contributed by atoms with Crippen LogP contribution in [0.3, 0.4) is 0 Å². The zero-order valence-corrected chi connectivity index (χ0v) is 17.5. The van der Waals surface area contributed by atoms with Gasteiger partial charge < -0.3 is 19.5 Å². The highest BCUT2D eigenvalue weighted by Gasteiger charge is 2.30. The van der Waals surface area contributed by atoms with Crippen LogP contribution in [0, 0.1) is 0 Å². The third-order valence-corrected chi connectivity index (χ3v) is 5.22. The van der Waals surface area contributed by atoms with Crippen molar-refractivity contribution in [2.45, 2.75) is 45.4 Å². The molecule has 0 spiro atoms. The van der Waals surface area contributed by atoms with E-state index in [0.29, 0.717) is 6.54 Å². The van der Waals surface area contributed by atoms with Gasteiger partial charge in [0.15, 0.2) is 0 Å². The molecule has 1 aromatic carbocycles. The molecule has 0 saturated carbocycles. The first-order valence-corrected chi connectivity index (χ1v) is 10.1. The summed E-state index contributed by atoms with van der Waals surface area (Å²) < 4.78 is 7.57. The van der Waals surface area contributed by atoms with E-state index in [2.05, 4.69) is 32.2 Å². The molecule has 1 aliphatic rings. The second kappa shape index (κ2) is 8.57. The van der Waals surface area contributed by atoms with Gasteiger partial charge >= 0.3 is 6.09 Å². The number of hydrogen-bond acceptors (Lipinski definition) is 5. The van der Waals surface area contributed by atoms with E-state index in [0.717, 1.165) is 29.6 Å². The van der Waals surface area contributed by atoms with Crippen LogP contribution in [0.25, 0.3) is 10.9 Å². The van der Waals surface area contributed by atoms with Crippen molar-refractivity contribution in [3.63, 3.8) is 0 Å². The van der Waals surface area contributed by atoms with E-state index in [1.807, 2.05) is 44.3 Å². The van der Waals surface area contributed by atoms with Crippen LogP contribution in [0.15, 0.2) is 47.8 Å². The predicted molar refractivity (Wildman–Crippen MR) is 116 cm³/mol. The van der Waals surface area contributed by atoms with Crippen LogP contribution in [-0.4, -0.2) is 41.1 Å². The number of fused-ring (bicyclic) bond motifs is 3. The van der Waals surface area contributed by atoms with Gasteiger partial charge in [-0.1, -0.05) is 17.3 Å². The average Bonchev–Trinajstić information content (AvgIpc) is 3.24. The van der Waals surface area contributed by atoms with Crippen LogP contribution in [0.1, 0.15) is 36.4 Å². The SMILES string of the molecule is CO/N=C/c1ccc2c(c1)c1c(n2Cc2ccccn2)C[C@@H](NC(=O)OC(C)C)C1. The van der Waals surface area contributed by atoms with Crippen molar-refractivity contribution in [3.8, 4) is 0 Å². The van der Waals surface area contributed by atoms with Crippen molar-refractivity contribution in [1.29, 1.82) is 0 Å². The summed E-state index contributed by atoms with van der Waals surface area (Å²) in [4.78, 5) is 21.4. The molecule has 7 nitrogen and oxygen atoms in total. The molecule has 2 heterocycles. The lowest BCUT2D eigenvalue weighted by Gasteiger charge is -2.16. The Morgan fingerprint density at radius 3 is 2.93 bits per heavy atom. The highest BCUT2D eigenvalue weighted by atomic mass is 16.6. The maximum atomic E-state index is 12.1. The van der Waals surface area contributed by atoms with E-state index in [4.69, 9.17) is 9.57 Å². The highest BCUT2D eigenvalue weighted by Crippen LogP contribution is 2.34. The van der Waals surface area contributed by atoms with Crippen molar-refractivity contribution in [1.82, 2.24) is 14.9 Å². The lowest BCUT2D eigenvalue weighted by Crippen LogP contribution is -2.37. The summed E-state index contributed by atoms with van der Waals surface area (Å²) in [6.07, 6.45) is 4.52. The zero-order chi connectivity index (χ0) is 21.1. The molecule has 0 aliphatic heterocycles. The molecule has 0 bridgehead atoms. The van der Waals surface area contributed by atoms with Crippen molar-refractivity contribution in [2.24, 2.45) is 5.16 Å². The summed E-state index contributed by atoms with van der Waals surface area (Å²) >= 11 is 0. The van der Waals surface area contributed by atoms with Gasteiger partial charge in [-0.2, -0.15) is 0 Å². The molecule has 7 heteroatoms. The summed E-state index contributed by atoms with van der Waals surface area (Å²) in [5, 5.41) is 8.06. The Bertz CT molecular complexity index is 1070. The van der Waals surface area contributed by atoms with E-state index < -0.39 is 0 Å². The van der Waals surface area contributed by atoms with Gasteiger partial charge in [-0.25, -0.2) is 4.79 Å². The predicted octanol–water partition coefficient (Wildman–Crippen LogP) is 3.67. The minimum absolute atomic E-state index is 0.0110. The van der Waals surface area contributed by atoms with E-state index in [9.17, 15) is 4.79 Å². The number of ether oxygens (including phenoxy) is 1. The standard InChI is InChI=1S/C23H26N4O3/c1-15(2)30-23(28)26-18-11-20-19-10-16(13-25-29-3)7-8-21(19)27(22(20)12-18)14-17-6-4-5-9-24-17/h4-10,13,15,18H,11-12,14H2,1-3H3,(H,26,28)/b25-13+/t18-/m0/s1. The summed E-state index contributed by atoms with van der Waals surface area (Å²) in [5.41, 5.74) is 5.61. The maximum Gasteiger partial charge on any atom is 0.407 e. The van der Waals surface area contributed by atoms with Crippen molar-refractivity contribution >= 4 is 23.2 Å². The Morgan fingerprint density at radius 2 is 2.20 bits per heavy atom. The molecule has 1 N–H and O–H groups in total. The average molecular weight is 406 g/mol. The van der Waals surface area contributed by atoms with Crippen molar-refractivity contribution in [2.75, 3.05) is 7.11 Å². The van der Waals surface area contributed by atoms with E-state index >= 15 is 0 Å². The summed E-state index contributed by atoms with van der Waals surface area (Å²) in [7, 11) is 1.53. The first-order chi connectivity index (χ1) is 14.5. The normalized spacial score (nSPS) is 15.7. The molecule has 2 aromatic heterocycles.